The molecule has 1 heterocycles. The Kier molecular flexibility index (Phi) is 13.3. The Morgan fingerprint density at radius 3 is 1.54 bits per heavy atom. The smallest absolute Gasteiger partial charge is 0.310 e. The number of halogens is 1. The van der Waals surface area contributed by atoms with Gasteiger partial charge in [0.2, 0.25) is 0 Å². The first-order valence-electron chi connectivity index (χ1n) is 10.7. The van der Waals surface area contributed by atoms with E-state index in [1.165, 1.54) is 83.5 Å². The van der Waals surface area contributed by atoms with Gasteiger partial charge in [-0.25, -0.2) is 4.79 Å². The first-order valence-corrected chi connectivity index (χ1v) is 11.0. The Morgan fingerprint density at radius 2 is 1.08 bits per heavy atom. The first kappa shape index (κ1) is 23.0. The van der Waals surface area contributed by atoms with Gasteiger partial charge in [0.25, 0.3) is 5.56 Å². The van der Waals surface area contributed by atoms with Crippen LogP contribution in [0.25, 0.3) is 0 Å². The van der Waals surface area contributed by atoms with E-state index >= 15 is 0 Å². The molecule has 0 amide bonds. The highest BCUT2D eigenvalue weighted by Crippen LogP contribution is 2.14. The Balaban J connectivity index is 1.90. The van der Waals surface area contributed by atoms with Crippen molar-refractivity contribution in [3.8, 4) is 0 Å². The fraction of sp³-hybridized carbons (Fsp3) is 0.810. The van der Waals surface area contributed by atoms with Crippen LogP contribution >= 0.6 is 11.6 Å². The Morgan fingerprint density at radius 1 is 0.654 bits per heavy atom. The summed E-state index contributed by atoms with van der Waals surface area (Å²) in [7, 11) is 0. The maximum Gasteiger partial charge on any atom is 0.325 e. The number of H-pyrrole nitrogens is 2. The maximum atomic E-state index is 11.4. The summed E-state index contributed by atoms with van der Waals surface area (Å²) in [5.41, 5.74) is -0.406. The Labute approximate surface area is 163 Å². The molecule has 4 nitrogen and oxygen atoms in total. The van der Waals surface area contributed by atoms with Crippen molar-refractivity contribution >= 4 is 11.6 Å². The van der Waals surface area contributed by atoms with E-state index < -0.39 is 11.2 Å². The largest absolute Gasteiger partial charge is 0.325 e. The van der Waals surface area contributed by atoms with Crippen LogP contribution in [-0.2, 0) is 6.42 Å². The molecule has 1 aromatic rings. The van der Waals surface area contributed by atoms with Crippen molar-refractivity contribution in [1.82, 2.24) is 9.97 Å². The van der Waals surface area contributed by atoms with E-state index in [1.807, 2.05) is 0 Å². The van der Waals surface area contributed by atoms with Crippen molar-refractivity contribution < 1.29 is 0 Å². The number of hydrogen-bond acceptors (Lipinski definition) is 2. The van der Waals surface area contributed by atoms with Crippen LogP contribution in [0.3, 0.4) is 0 Å². The van der Waals surface area contributed by atoms with Gasteiger partial charge in [0.15, 0.2) is 0 Å². The molecule has 0 aromatic carbocycles. The highest BCUT2D eigenvalue weighted by atomic mass is 35.5. The van der Waals surface area contributed by atoms with Gasteiger partial charge in [0.05, 0.1) is 0 Å². The van der Waals surface area contributed by atoms with Crippen LogP contribution in [0.2, 0.25) is 5.02 Å². The average molecular weight is 385 g/mol. The number of aromatic nitrogens is 2. The first-order chi connectivity index (χ1) is 12.6. The van der Waals surface area contributed by atoms with Gasteiger partial charge in [0.1, 0.15) is 5.02 Å². The molecule has 26 heavy (non-hydrogen) atoms. The molecule has 150 valence electrons. The van der Waals surface area contributed by atoms with E-state index in [4.69, 9.17) is 11.6 Å². The summed E-state index contributed by atoms with van der Waals surface area (Å²) in [6.07, 6.45) is 20.5. The molecule has 0 fully saturated rings. The van der Waals surface area contributed by atoms with Crippen LogP contribution in [-0.4, -0.2) is 9.97 Å². The predicted molar refractivity (Wildman–Crippen MR) is 111 cm³/mol. The summed E-state index contributed by atoms with van der Waals surface area (Å²) >= 11 is 5.92. The van der Waals surface area contributed by atoms with Gasteiger partial charge in [-0.15, -0.1) is 0 Å². The molecule has 0 aliphatic rings. The van der Waals surface area contributed by atoms with Crippen LogP contribution in [0, 0.1) is 0 Å². The number of aryl methyl sites for hydroxylation is 1. The zero-order valence-corrected chi connectivity index (χ0v) is 17.3. The van der Waals surface area contributed by atoms with Gasteiger partial charge in [-0.3, -0.25) is 9.78 Å². The van der Waals surface area contributed by atoms with Crippen molar-refractivity contribution in [3.63, 3.8) is 0 Å². The summed E-state index contributed by atoms with van der Waals surface area (Å²) < 4.78 is 0. The number of hydrogen-bond donors (Lipinski definition) is 2. The molecule has 0 aliphatic heterocycles. The summed E-state index contributed by atoms with van der Waals surface area (Å²) in [4.78, 5) is 27.4. The summed E-state index contributed by atoms with van der Waals surface area (Å²) in [5.74, 6) is 0. The lowest BCUT2D eigenvalue weighted by atomic mass is 10.0. The topological polar surface area (TPSA) is 65.7 Å². The molecule has 0 radical (unpaired) electrons. The summed E-state index contributed by atoms with van der Waals surface area (Å²) in [5, 5.41) is 0.120. The molecule has 0 saturated carbocycles. The highest BCUT2D eigenvalue weighted by molar-refractivity contribution is 6.30. The molecule has 0 aliphatic carbocycles. The number of unbranched alkanes of at least 4 members (excludes halogenated alkanes) is 14. The molecular formula is C21H37ClN2O2. The zero-order chi connectivity index (χ0) is 19.0. The molecule has 0 spiro atoms. The Bertz CT molecular complexity index is 580. The highest BCUT2D eigenvalue weighted by Gasteiger charge is 2.06. The van der Waals surface area contributed by atoms with E-state index in [0.29, 0.717) is 12.1 Å². The van der Waals surface area contributed by atoms with Crippen molar-refractivity contribution in [2.45, 2.75) is 110 Å². The zero-order valence-electron chi connectivity index (χ0n) is 16.5. The van der Waals surface area contributed by atoms with Crippen molar-refractivity contribution in [2.24, 2.45) is 0 Å². The third kappa shape index (κ3) is 10.8. The van der Waals surface area contributed by atoms with Crippen molar-refractivity contribution in [2.75, 3.05) is 0 Å². The summed E-state index contributed by atoms with van der Waals surface area (Å²) in [6, 6.07) is 0. The minimum absolute atomic E-state index is 0.120. The lowest BCUT2D eigenvalue weighted by Crippen LogP contribution is -2.24. The van der Waals surface area contributed by atoms with Crippen LogP contribution in [0.15, 0.2) is 9.59 Å². The van der Waals surface area contributed by atoms with E-state index in [1.54, 1.807) is 0 Å². The second-order valence-corrected chi connectivity index (χ2v) is 7.78. The van der Waals surface area contributed by atoms with Gasteiger partial charge < -0.3 is 4.98 Å². The van der Waals surface area contributed by atoms with Crippen molar-refractivity contribution in [3.05, 3.63) is 31.6 Å². The van der Waals surface area contributed by atoms with Gasteiger partial charge in [0, 0.05) is 5.69 Å². The quantitative estimate of drug-likeness (QED) is 0.336. The second-order valence-electron chi connectivity index (χ2n) is 7.40. The second kappa shape index (κ2) is 15.1. The number of nitrogens with one attached hydrogen (secondary N) is 2. The molecule has 1 rings (SSSR count). The van der Waals surface area contributed by atoms with Gasteiger partial charge in [-0.2, -0.15) is 0 Å². The fourth-order valence-corrected chi connectivity index (χ4v) is 3.55. The minimum atomic E-state index is -0.494. The molecular weight excluding hydrogens is 348 g/mol. The van der Waals surface area contributed by atoms with Crippen LogP contribution in [0.4, 0.5) is 0 Å². The normalized spacial score (nSPS) is 11.2. The van der Waals surface area contributed by atoms with Crippen LogP contribution < -0.4 is 11.2 Å². The molecule has 0 saturated heterocycles. The lowest BCUT2D eigenvalue weighted by Gasteiger charge is -2.04. The standard InChI is InChI=1S/C21H37ClN2O2/c1-2-3-4-5-6-7-8-9-10-11-12-13-14-15-16-17-18-19(22)20(25)24-21(26)23-18/h2-17H2,1H3,(H2,23,24,25,26). The van der Waals surface area contributed by atoms with E-state index in [9.17, 15) is 9.59 Å². The molecule has 0 atom stereocenters. The van der Waals surface area contributed by atoms with Crippen LogP contribution in [0.1, 0.15) is 109 Å². The Hall–Kier alpha value is -1.03. The lowest BCUT2D eigenvalue weighted by molar-refractivity contribution is 0.532. The van der Waals surface area contributed by atoms with Crippen molar-refractivity contribution in [1.29, 1.82) is 0 Å². The number of rotatable bonds is 16. The maximum absolute atomic E-state index is 11.4. The molecule has 1 aromatic heterocycles. The average Bonchev–Trinajstić information content (AvgIpc) is 2.62. The van der Waals surface area contributed by atoms with E-state index in [-0.39, 0.29) is 5.02 Å². The predicted octanol–water partition coefficient (Wildman–Crippen LogP) is 6.13. The molecule has 2 N–H and O–H groups in total. The monoisotopic (exact) mass is 384 g/mol. The van der Waals surface area contributed by atoms with Gasteiger partial charge >= 0.3 is 5.69 Å². The third-order valence-corrected chi connectivity index (χ3v) is 5.39. The number of aromatic amines is 2. The SMILES string of the molecule is CCCCCCCCCCCCCCCCCc1[nH]c(=O)[nH]c(=O)c1Cl. The molecule has 5 heteroatoms. The van der Waals surface area contributed by atoms with E-state index in [0.717, 1.165) is 12.8 Å². The molecule has 0 bridgehead atoms. The van der Waals surface area contributed by atoms with Gasteiger partial charge in [-0.05, 0) is 12.8 Å². The summed E-state index contributed by atoms with van der Waals surface area (Å²) in [6.45, 7) is 2.27. The third-order valence-electron chi connectivity index (χ3n) is 4.99. The van der Waals surface area contributed by atoms with E-state index in [2.05, 4.69) is 16.9 Å². The van der Waals surface area contributed by atoms with Gasteiger partial charge in [-0.1, -0.05) is 108 Å². The van der Waals surface area contributed by atoms with Crippen LogP contribution in [0.5, 0.6) is 0 Å². The minimum Gasteiger partial charge on any atom is -0.310 e. The molecule has 0 unspecified atom stereocenters. The fourth-order valence-electron chi connectivity index (χ4n) is 3.36.